The molecule has 2 rings (SSSR count). The molecule has 1 amide bonds. The average Bonchev–Trinajstić information content (AvgIpc) is 3.03. The third-order valence-corrected chi connectivity index (χ3v) is 3.62. The van der Waals surface area contributed by atoms with Gasteiger partial charge >= 0.3 is 0 Å². The number of hydrogen-bond donors (Lipinski definition) is 2. The van der Waals surface area contributed by atoms with Gasteiger partial charge in [-0.2, -0.15) is 0 Å². The highest BCUT2D eigenvalue weighted by Gasteiger charge is 2.33. The standard InChI is InChI=1S/C13H24N2O2/c1-2-6-14-12-9-17-8-11(12)13(16)15-7-5-10-3-4-10/h10-12,14H,2-9H2,1H3,(H,15,16). The van der Waals surface area contributed by atoms with Crippen LogP contribution in [0.4, 0.5) is 0 Å². The van der Waals surface area contributed by atoms with Gasteiger partial charge in [-0.3, -0.25) is 4.79 Å². The zero-order valence-electron chi connectivity index (χ0n) is 10.7. The largest absolute Gasteiger partial charge is 0.379 e. The predicted octanol–water partition coefficient (Wildman–Crippen LogP) is 0.917. The summed E-state index contributed by atoms with van der Waals surface area (Å²) in [6, 6.07) is 0.205. The zero-order valence-corrected chi connectivity index (χ0v) is 10.7. The second-order valence-electron chi connectivity index (χ2n) is 5.23. The van der Waals surface area contributed by atoms with Gasteiger partial charge in [-0.1, -0.05) is 19.8 Å². The predicted molar refractivity (Wildman–Crippen MR) is 66.7 cm³/mol. The Labute approximate surface area is 103 Å². The molecule has 4 heteroatoms. The maximum absolute atomic E-state index is 12.0. The number of ether oxygens (including phenoxy) is 1. The lowest BCUT2D eigenvalue weighted by molar-refractivity contribution is -0.125. The molecule has 0 spiro atoms. The van der Waals surface area contributed by atoms with E-state index in [1.54, 1.807) is 0 Å². The zero-order chi connectivity index (χ0) is 12.1. The Morgan fingerprint density at radius 2 is 2.12 bits per heavy atom. The molecule has 0 aromatic rings. The van der Waals surface area contributed by atoms with Crippen LogP contribution in [0.2, 0.25) is 0 Å². The quantitative estimate of drug-likeness (QED) is 0.695. The first-order valence-electron chi connectivity index (χ1n) is 6.90. The number of amides is 1. The number of carbonyl (C=O) groups excluding carboxylic acids is 1. The molecule has 1 saturated carbocycles. The maximum atomic E-state index is 12.0. The van der Waals surface area contributed by atoms with Crippen molar-refractivity contribution in [3.63, 3.8) is 0 Å². The van der Waals surface area contributed by atoms with Crippen molar-refractivity contribution < 1.29 is 9.53 Å². The van der Waals surface area contributed by atoms with E-state index in [1.165, 1.54) is 12.8 Å². The fourth-order valence-corrected chi connectivity index (χ4v) is 2.28. The minimum atomic E-state index is 0.000697. The van der Waals surface area contributed by atoms with Gasteiger partial charge in [-0.25, -0.2) is 0 Å². The van der Waals surface area contributed by atoms with Crippen molar-refractivity contribution in [1.29, 1.82) is 0 Å². The summed E-state index contributed by atoms with van der Waals surface area (Å²) in [5, 5.41) is 6.43. The lowest BCUT2D eigenvalue weighted by atomic mass is 10.0. The Morgan fingerprint density at radius 3 is 2.82 bits per heavy atom. The van der Waals surface area contributed by atoms with Crippen molar-refractivity contribution in [2.75, 3.05) is 26.3 Å². The lowest BCUT2D eigenvalue weighted by Gasteiger charge is -2.18. The molecule has 2 aliphatic rings. The first-order chi connectivity index (χ1) is 8.31. The molecule has 1 aliphatic carbocycles. The van der Waals surface area contributed by atoms with Crippen molar-refractivity contribution in [3.8, 4) is 0 Å². The van der Waals surface area contributed by atoms with Crippen molar-refractivity contribution in [2.24, 2.45) is 11.8 Å². The molecule has 0 radical (unpaired) electrons. The molecule has 98 valence electrons. The smallest absolute Gasteiger partial charge is 0.227 e. The van der Waals surface area contributed by atoms with Gasteiger partial charge in [0.1, 0.15) is 0 Å². The Kier molecular flexibility index (Phi) is 4.80. The Morgan fingerprint density at radius 1 is 1.29 bits per heavy atom. The van der Waals surface area contributed by atoms with E-state index in [4.69, 9.17) is 4.74 Å². The highest BCUT2D eigenvalue weighted by atomic mass is 16.5. The van der Waals surface area contributed by atoms with Gasteiger partial charge in [-0.05, 0) is 25.3 Å². The van der Waals surface area contributed by atoms with E-state index in [1.807, 2.05) is 0 Å². The monoisotopic (exact) mass is 240 g/mol. The third-order valence-electron chi connectivity index (χ3n) is 3.62. The van der Waals surface area contributed by atoms with Crippen LogP contribution in [0.25, 0.3) is 0 Å². The molecule has 2 atom stereocenters. The molecular weight excluding hydrogens is 216 g/mol. The SMILES string of the molecule is CCCNC1COCC1C(=O)NCCC1CC1. The maximum Gasteiger partial charge on any atom is 0.227 e. The molecule has 2 fully saturated rings. The van der Waals surface area contributed by atoms with Crippen LogP contribution in [-0.4, -0.2) is 38.3 Å². The van der Waals surface area contributed by atoms with Crippen molar-refractivity contribution in [1.82, 2.24) is 10.6 Å². The fourth-order valence-electron chi connectivity index (χ4n) is 2.28. The van der Waals surface area contributed by atoms with Crippen LogP contribution >= 0.6 is 0 Å². The minimum Gasteiger partial charge on any atom is -0.379 e. The van der Waals surface area contributed by atoms with Gasteiger partial charge in [0.2, 0.25) is 5.91 Å². The molecule has 1 saturated heterocycles. The summed E-state index contributed by atoms with van der Waals surface area (Å²) in [6.07, 6.45) is 4.94. The van der Waals surface area contributed by atoms with E-state index in [2.05, 4.69) is 17.6 Å². The summed E-state index contributed by atoms with van der Waals surface area (Å²) < 4.78 is 5.40. The van der Waals surface area contributed by atoms with Gasteiger partial charge in [0.15, 0.2) is 0 Å². The molecule has 2 N–H and O–H groups in total. The third kappa shape index (κ3) is 3.96. The van der Waals surface area contributed by atoms with Crippen LogP contribution in [0.3, 0.4) is 0 Å². The van der Waals surface area contributed by atoms with Crippen LogP contribution in [0.5, 0.6) is 0 Å². The van der Waals surface area contributed by atoms with Crippen molar-refractivity contribution >= 4 is 5.91 Å². The van der Waals surface area contributed by atoms with Crippen molar-refractivity contribution in [3.05, 3.63) is 0 Å². The number of carbonyl (C=O) groups is 1. The van der Waals surface area contributed by atoms with Gasteiger partial charge in [0, 0.05) is 12.6 Å². The number of hydrogen-bond acceptors (Lipinski definition) is 3. The molecule has 17 heavy (non-hydrogen) atoms. The van der Waals surface area contributed by atoms with Crippen molar-refractivity contribution in [2.45, 2.75) is 38.6 Å². The van der Waals surface area contributed by atoms with E-state index < -0.39 is 0 Å². The van der Waals surface area contributed by atoms with Crippen LogP contribution < -0.4 is 10.6 Å². The summed E-state index contributed by atoms with van der Waals surface area (Å²) in [5.74, 6) is 1.04. The molecule has 1 aliphatic heterocycles. The molecule has 4 nitrogen and oxygen atoms in total. The fraction of sp³-hybridized carbons (Fsp3) is 0.923. The van der Waals surface area contributed by atoms with Gasteiger partial charge in [0.25, 0.3) is 0 Å². The lowest BCUT2D eigenvalue weighted by Crippen LogP contribution is -2.44. The molecule has 0 aromatic heterocycles. The van der Waals surface area contributed by atoms with E-state index in [0.29, 0.717) is 13.2 Å². The molecule has 0 bridgehead atoms. The first-order valence-corrected chi connectivity index (χ1v) is 6.90. The number of rotatable bonds is 7. The van der Waals surface area contributed by atoms with E-state index in [9.17, 15) is 4.79 Å². The highest BCUT2D eigenvalue weighted by molar-refractivity contribution is 5.79. The molecule has 2 unspecified atom stereocenters. The Hall–Kier alpha value is -0.610. The van der Waals surface area contributed by atoms with Gasteiger partial charge in [-0.15, -0.1) is 0 Å². The minimum absolute atomic E-state index is 0.000697. The Balaban J connectivity index is 1.68. The normalized spacial score (nSPS) is 28.3. The summed E-state index contributed by atoms with van der Waals surface area (Å²) in [4.78, 5) is 12.0. The van der Waals surface area contributed by atoms with Crippen LogP contribution in [0.1, 0.15) is 32.6 Å². The molecule has 1 heterocycles. The van der Waals surface area contributed by atoms with E-state index >= 15 is 0 Å². The summed E-state index contributed by atoms with van der Waals surface area (Å²) in [5.41, 5.74) is 0. The van der Waals surface area contributed by atoms with Crippen LogP contribution in [-0.2, 0) is 9.53 Å². The van der Waals surface area contributed by atoms with Crippen LogP contribution in [0, 0.1) is 11.8 Å². The van der Waals surface area contributed by atoms with E-state index in [0.717, 1.165) is 31.8 Å². The first kappa shape index (κ1) is 12.8. The number of nitrogens with one attached hydrogen (secondary N) is 2. The average molecular weight is 240 g/mol. The Bertz CT molecular complexity index is 254. The van der Waals surface area contributed by atoms with Gasteiger partial charge in [0.05, 0.1) is 19.1 Å². The van der Waals surface area contributed by atoms with E-state index in [-0.39, 0.29) is 17.9 Å². The molecule has 0 aromatic carbocycles. The summed E-state index contributed by atoms with van der Waals surface area (Å²) >= 11 is 0. The second kappa shape index (κ2) is 6.36. The second-order valence-corrected chi connectivity index (χ2v) is 5.23. The summed E-state index contributed by atoms with van der Waals surface area (Å²) in [6.45, 7) is 5.16. The molecular formula is C13H24N2O2. The van der Waals surface area contributed by atoms with Crippen LogP contribution in [0.15, 0.2) is 0 Å². The topological polar surface area (TPSA) is 50.4 Å². The summed E-state index contributed by atoms with van der Waals surface area (Å²) in [7, 11) is 0. The highest BCUT2D eigenvalue weighted by Crippen LogP contribution is 2.31. The van der Waals surface area contributed by atoms with Gasteiger partial charge < -0.3 is 15.4 Å².